The molecule has 5 atom stereocenters. The fourth-order valence-electron chi connectivity index (χ4n) is 3.98. The Morgan fingerprint density at radius 3 is 1.92 bits per heavy atom. The number of benzene rings is 1. The van der Waals surface area contributed by atoms with Crippen LogP contribution in [-0.4, -0.2) is 41.1 Å². The summed E-state index contributed by atoms with van der Waals surface area (Å²) in [5, 5.41) is 9.69. The van der Waals surface area contributed by atoms with E-state index in [1.165, 1.54) is 12.1 Å². The van der Waals surface area contributed by atoms with Crippen molar-refractivity contribution in [2.24, 2.45) is 17.6 Å². The number of unbranched alkanes of at least 4 members (excludes halogenated alkanes) is 2. The number of carbonyl (C=O) groups excluding carboxylic acids is 3. The number of nitrogens with two attached hydrogens (primary N) is 1. The van der Waals surface area contributed by atoms with Crippen LogP contribution in [0.2, 0.25) is 0 Å². The maximum atomic E-state index is 12.6. The predicted molar refractivity (Wildman–Crippen MR) is 149 cm³/mol. The van der Waals surface area contributed by atoms with Crippen LogP contribution in [0.3, 0.4) is 0 Å². The number of carboxylic acids is 1. The molecule has 39 heavy (non-hydrogen) atoms. The molecule has 0 bridgehead atoms. The molecular weight excluding hydrogens is 502 g/mol. The Bertz CT molecular complexity index is 947. The molecule has 0 aliphatic rings. The van der Waals surface area contributed by atoms with Gasteiger partial charge in [-0.25, -0.2) is 0 Å². The van der Waals surface area contributed by atoms with E-state index in [1.807, 2.05) is 34.6 Å². The summed E-state index contributed by atoms with van der Waals surface area (Å²) < 4.78 is 16.7. The summed E-state index contributed by atoms with van der Waals surface area (Å²) in [6.07, 6.45) is 4.42. The summed E-state index contributed by atoms with van der Waals surface area (Å²) in [7, 11) is 0. The third-order valence-corrected chi connectivity index (χ3v) is 6.89. The Balaban J connectivity index is 3.28. The molecule has 1 rings (SSSR count). The van der Waals surface area contributed by atoms with Crippen LogP contribution >= 0.6 is 0 Å². The first-order chi connectivity index (χ1) is 18.4. The molecule has 0 saturated heterocycles. The smallest absolute Gasteiger partial charge is 0.321 e. The molecule has 0 aromatic heterocycles. The maximum Gasteiger partial charge on any atom is 0.321 e. The SMILES string of the molecule is CCCCCC(=O)OC(C)CC(c1ccc(OC(=O)CC(C)CC)c(OC(=O)CC(C)CC)c1)[C@H](N)C(=O)O. The van der Waals surface area contributed by atoms with Crippen molar-refractivity contribution in [3.63, 3.8) is 0 Å². The first-order valence-electron chi connectivity index (χ1n) is 14.1. The van der Waals surface area contributed by atoms with Crippen LogP contribution in [0.1, 0.15) is 111 Å². The Kier molecular flexibility index (Phi) is 15.4. The van der Waals surface area contributed by atoms with Crippen molar-refractivity contribution in [2.75, 3.05) is 0 Å². The maximum absolute atomic E-state index is 12.6. The lowest BCUT2D eigenvalue weighted by Crippen LogP contribution is -2.38. The van der Waals surface area contributed by atoms with Gasteiger partial charge in [-0.1, -0.05) is 66.4 Å². The molecule has 0 heterocycles. The van der Waals surface area contributed by atoms with Gasteiger partial charge in [-0.2, -0.15) is 0 Å². The Hall–Kier alpha value is -2.94. The zero-order valence-corrected chi connectivity index (χ0v) is 24.4. The van der Waals surface area contributed by atoms with E-state index >= 15 is 0 Å². The Morgan fingerprint density at radius 2 is 1.41 bits per heavy atom. The lowest BCUT2D eigenvalue weighted by molar-refractivity contribution is -0.149. The summed E-state index contributed by atoms with van der Waals surface area (Å²) in [5.74, 6) is -2.98. The van der Waals surface area contributed by atoms with Crippen molar-refractivity contribution < 1.29 is 38.5 Å². The molecular formula is C30H47NO8. The lowest BCUT2D eigenvalue weighted by Gasteiger charge is -2.25. The first-order valence-corrected chi connectivity index (χ1v) is 14.1. The average Bonchev–Trinajstić information content (AvgIpc) is 2.87. The van der Waals surface area contributed by atoms with Gasteiger partial charge in [-0.05, 0) is 49.3 Å². The van der Waals surface area contributed by atoms with Crippen molar-refractivity contribution in [3.05, 3.63) is 23.8 Å². The molecule has 4 unspecified atom stereocenters. The number of hydrogen-bond acceptors (Lipinski definition) is 8. The largest absolute Gasteiger partial charge is 0.480 e. The fraction of sp³-hybridized carbons (Fsp3) is 0.667. The normalized spacial score (nSPS) is 14.9. The highest BCUT2D eigenvalue weighted by Crippen LogP contribution is 2.35. The van der Waals surface area contributed by atoms with E-state index in [9.17, 15) is 24.3 Å². The van der Waals surface area contributed by atoms with Crippen LogP contribution in [-0.2, 0) is 23.9 Å². The second kappa shape index (κ2) is 17.6. The minimum Gasteiger partial charge on any atom is -0.480 e. The predicted octanol–water partition coefficient (Wildman–Crippen LogP) is 5.77. The number of esters is 3. The summed E-state index contributed by atoms with van der Waals surface area (Å²) in [5.41, 5.74) is 6.53. The van der Waals surface area contributed by atoms with Crippen molar-refractivity contribution in [3.8, 4) is 11.5 Å². The zero-order valence-electron chi connectivity index (χ0n) is 24.4. The van der Waals surface area contributed by atoms with Crippen LogP contribution in [0, 0.1) is 11.8 Å². The monoisotopic (exact) mass is 549 g/mol. The van der Waals surface area contributed by atoms with Gasteiger partial charge in [-0.15, -0.1) is 0 Å². The number of hydrogen-bond donors (Lipinski definition) is 2. The van der Waals surface area contributed by atoms with E-state index in [2.05, 4.69) is 0 Å². The molecule has 220 valence electrons. The van der Waals surface area contributed by atoms with Crippen LogP contribution < -0.4 is 15.2 Å². The van der Waals surface area contributed by atoms with Gasteiger partial charge in [-0.3, -0.25) is 19.2 Å². The third-order valence-electron chi connectivity index (χ3n) is 6.89. The van der Waals surface area contributed by atoms with Gasteiger partial charge in [0, 0.05) is 25.2 Å². The van der Waals surface area contributed by atoms with E-state index < -0.39 is 36.0 Å². The van der Waals surface area contributed by atoms with Crippen LogP contribution in [0.5, 0.6) is 11.5 Å². The van der Waals surface area contributed by atoms with Gasteiger partial charge in [0.1, 0.15) is 6.04 Å². The number of carboxylic acid groups (broad SMARTS) is 1. The van der Waals surface area contributed by atoms with Crippen molar-refractivity contribution in [1.29, 1.82) is 0 Å². The number of ether oxygens (including phenoxy) is 3. The molecule has 3 N–H and O–H groups in total. The van der Waals surface area contributed by atoms with Gasteiger partial charge in [0.05, 0.1) is 6.10 Å². The topological polar surface area (TPSA) is 142 Å². The third kappa shape index (κ3) is 12.6. The van der Waals surface area contributed by atoms with Crippen molar-refractivity contribution in [1.82, 2.24) is 0 Å². The molecule has 0 radical (unpaired) electrons. The molecule has 0 spiro atoms. The number of rotatable bonds is 18. The Morgan fingerprint density at radius 1 is 0.846 bits per heavy atom. The highest BCUT2D eigenvalue weighted by atomic mass is 16.6. The second-order valence-electron chi connectivity index (χ2n) is 10.6. The molecule has 0 aliphatic heterocycles. The van der Waals surface area contributed by atoms with Crippen LogP contribution in [0.4, 0.5) is 0 Å². The molecule has 0 fully saturated rings. The van der Waals surface area contributed by atoms with Crippen molar-refractivity contribution in [2.45, 2.75) is 117 Å². The van der Waals surface area contributed by atoms with Gasteiger partial charge in [0.2, 0.25) is 0 Å². The van der Waals surface area contributed by atoms with Gasteiger partial charge in [0.15, 0.2) is 11.5 Å². The standard InChI is InChI=1S/C30H47NO8/c1-7-10-11-12-26(32)37-21(6)17-23(29(31)30(35)36)22-13-14-24(38-27(33)15-19(4)8-2)25(18-22)39-28(34)16-20(5)9-3/h13-14,18-21,23,29H,7-12,15-17,31H2,1-6H3,(H,35,36)/t19?,20?,21?,23?,29-/m0/s1. The minimum atomic E-state index is -1.31. The van der Waals surface area contributed by atoms with Gasteiger partial charge in [0.25, 0.3) is 0 Å². The van der Waals surface area contributed by atoms with Gasteiger partial charge < -0.3 is 25.1 Å². The highest BCUT2D eigenvalue weighted by molar-refractivity contribution is 5.77. The number of carbonyl (C=O) groups is 4. The fourth-order valence-corrected chi connectivity index (χ4v) is 3.98. The second-order valence-corrected chi connectivity index (χ2v) is 10.6. The van der Waals surface area contributed by atoms with E-state index in [1.54, 1.807) is 13.0 Å². The summed E-state index contributed by atoms with van der Waals surface area (Å²) >= 11 is 0. The molecule has 9 heteroatoms. The molecule has 0 amide bonds. The van der Waals surface area contributed by atoms with Crippen molar-refractivity contribution >= 4 is 23.9 Å². The van der Waals surface area contributed by atoms with E-state index in [0.717, 1.165) is 32.1 Å². The first kappa shape index (κ1) is 34.1. The van der Waals surface area contributed by atoms with E-state index in [4.69, 9.17) is 19.9 Å². The minimum absolute atomic E-state index is 0.0186. The highest BCUT2D eigenvalue weighted by Gasteiger charge is 2.30. The van der Waals surface area contributed by atoms with Crippen LogP contribution in [0.15, 0.2) is 18.2 Å². The van der Waals surface area contributed by atoms with E-state index in [0.29, 0.717) is 12.0 Å². The average molecular weight is 550 g/mol. The molecule has 1 aromatic carbocycles. The summed E-state index contributed by atoms with van der Waals surface area (Å²) in [6.45, 7) is 11.5. The lowest BCUT2D eigenvalue weighted by atomic mass is 9.87. The summed E-state index contributed by atoms with van der Waals surface area (Å²) in [4.78, 5) is 49.2. The Labute approximate surface area is 232 Å². The summed E-state index contributed by atoms with van der Waals surface area (Å²) in [6, 6.07) is 3.26. The van der Waals surface area contributed by atoms with E-state index in [-0.39, 0.29) is 48.6 Å². The molecule has 9 nitrogen and oxygen atoms in total. The zero-order chi connectivity index (χ0) is 29.5. The van der Waals surface area contributed by atoms with Gasteiger partial charge >= 0.3 is 23.9 Å². The quantitative estimate of drug-likeness (QED) is 0.133. The molecule has 0 aliphatic carbocycles. The van der Waals surface area contributed by atoms with Crippen LogP contribution in [0.25, 0.3) is 0 Å². The molecule has 1 aromatic rings. The molecule has 0 saturated carbocycles. The number of aliphatic carboxylic acids is 1.